The van der Waals surface area contributed by atoms with Crippen LogP contribution in [0.1, 0.15) is 5.56 Å². The Labute approximate surface area is 79.2 Å². The van der Waals surface area contributed by atoms with E-state index < -0.39 is 0 Å². The van der Waals surface area contributed by atoms with Gasteiger partial charge in [0, 0.05) is 11.8 Å². The first-order valence-electron chi connectivity index (χ1n) is 3.62. The molecule has 4 heteroatoms. The molecule has 0 bridgehead atoms. The quantitative estimate of drug-likeness (QED) is 0.680. The maximum absolute atomic E-state index is 5.67. The van der Waals surface area contributed by atoms with Crippen molar-refractivity contribution in [2.24, 2.45) is 10.7 Å². The van der Waals surface area contributed by atoms with Gasteiger partial charge in [-0.05, 0) is 6.07 Å². The summed E-state index contributed by atoms with van der Waals surface area (Å²) in [5.74, 6) is 0. The molecule has 1 aromatic carbocycles. The van der Waals surface area contributed by atoms with Gasteiger partial charge in [0.25, 0.3) is 0 Å². The summed E-state index contributed by atoms with van der Waals surface area (Å²) in [5, 5.41) is 0. The predicted octanol–water partition coefficient (Wildman–Crippen LogP) is 1.48. The molecule has 0 radical (unpaired) electrons. The molecule has 2 rings (SSSR count). The van der Waals surface area contributed by atoms with E-state index in [1.165, 1.54) is 0 Å². The van der Waals surface area contributed by atoms with Crippen molar-refractivity contribution in [2.75, 3.05) is 3.93 Å². The molecule has 1 aliphatic rings. The van der Waals surface area contributed by atoms with Crippen LogP contribution in [0.2, 0.25) is 0 Å². The van der Waals surface area contributed by atoms with Gasteiger partial charge in [-0.3, -0.25) is 14.7 Å². The molecular formula is C8H8BrN3. The summed E-state index contributed by atoms with van der Waals surface area (Å²) >= 11 is 3.35. The van der Waals surface area contributed by atoms with E-state index in [-0.39, 0.29) is 6.29 Å². The summed E-state index contributed by atoms with van der Waals surface area (Å²) in [6, 6.07) is 7.94. The Hall–Kier alpha value is -0.870. The zero-order valence-electron chi connectivity index (χ0n) is 6.31. The summed E-state index contributed by atoms with van der Waals surface area (Å²) < 4.78 is 1.77. The van der Waals surface area contributed by atoms with Crippen molar-refractivity contribution in [1.82, 2.24) is 0 Å². The average molecular weight is 226 g/mol. The van der Waals surface area contributed by atoms with E-state index >= 15 is 0 Å². The fourth-order valence-electron chi connectivity index (χ4n) is 1.15. The number of hydrogen-bond donors (Lipinski definition) is 1. The van der Waals surface area contributed by atoms with Gasteiger partial charge in [0.2, 0.25) is 0 Å². The Balaban J connectivity index is 2.52. The third kappa shape index (κ3) is 1.13. The van der Waals surface area contributed by atoms with E-state index in [1.54, 1.807) is 10.1 Å². The van der Waals surface area contributed by atoms with Crippen LogP contribution in [0.15, 0.2) is 29.3 Å². The average Bonchev–Trinajstić information content (AvgIpc) is 2.12. The number of hydrogen-bond acceptors (Lipinski definition) is 3. The monoisotopic (exact) mass is 225 g/mol. The van der Waals surface area contributed by atoms with E-state index in [2.05, 4.69) is 21.1 Å². The summed E-state index contributed by atoms with van der Waals surface area (Å²) in [6.45, 7) is 0. The van der Waals surface area contributed by atoms with Gasteiger partial charge < -0.3 is 0 Å². The van der Waals surface area contributed by atoms with E-state index in [0.717, 1.165) is 11.3 Å². The smallest absolute Gasteiger partial charge is 0.183 e. The van der Waals surface area contributed by atoms with E-state index in [9.17, 15) is 0 Å². The van der Waals surface area contributed by atoms with Crippen LogP contribution in [-0.2, 0) is 0 Å². The first kappa shape index (κ1) is 7.76. The van der Waals surface area contributed by atoms with E-state index in [1.807, 2.05) is 24.3 Å². The fraction of sp³-hybridized carbons (Fsp3) is 0.125. The number of benzene rings is 1. The summed E-state index contributed by atoms with van der Waals surface area (Å²) in [6.07, 6.45) is 1.47. The highest BCUT2D eigenvalue weighted by atomic mass is 79.9. The molecule has 12 heavy (non-hydrogen) atoms. The number of nitrogens with two attached hydrogens (primary N) is 1. The van der Waals surface area contributed by atoms with Crippen molar-refractivity contribution < 1.29 is 0 Å². The third-order valence-electron chi connectivity index (χ3n) is 1.77. The molecule has 0 spiro atoms. The molecule has 0 saturated heterocycles. The summed E-state index contributed by atoms with van der Waals surface area (Å²) in [7, 11) is 0. The van der Waals surface area contributed by atoms with Gasteiger partial charge in [-0.1, -0.05) is 18.2 Å². The van der Waals surface area contributed by atoms with Crippen LogP contribution in [0.5, 0.6) is 0 Å². The van der Waals surface area contributed by atoms with Crippen LogP contribution in [0.25, 0.3) is 0 Å². The van der Waals surface area contributed by atoms with Crippen LogP contribution in [0, 0.1) is 0 Å². The molecule has 0 aliphatic carbocycles. The molecule has 0 saturated carbocycles. The Kier molecular flexibility index (Phi) is 1.86. The number of aliphatic imine (C=N–C) groups is 1. The number of fused-ring (bicyclic) bond motifs is 1. The van der Waals surface area contributed by atoms with Gasteiger partial charge in [0.05, 0.1) is 21.8 Å². The lowest BCUT2D eigenvalue weighted by molar-refractivity contribution is 0.760. The standard InChI is InChI=1S/C8H8BrN3/c9-12-7-4-2-1-3-6(7)5-11-8(12)10/h1-5,8H,10H2. The van der Waals surface area contributed by atoms with Gasteiger partial charge in [-0.25, -0.2) is 0 Å². The van der Waals surface area contributed by atoms with Crippen molar-refractivity contribution in [2.45, 2.75) is 6.29 Å². The second kappa shape index (κ2) is 2.88. The highest BCUT2D eigenvalue weighted by Gasteiger charge is 2.16. The molecule has 62 valence electrons. The highest BCUT2D eigenvalue weighted by Crippen LogP contribution is 2.26. The number of para-hydroxylation sites is 1. The van der Waals surface area contributed by atoms with Crippen molar-refractivity contribution in [3.05, 3.63) is 29.8 Å². The first-order valence-corrected chi connectivity index (χ1v) is 4.33. The van der Waals surface area contributed by atoms with Crippen LogP contribution < -0.4 is 9.66 Å². The zero-order chi connectivity index (χ0) is 8.55. The summed E-state index contributed by atoms with van der Waals surface area (Å²) in [4.78, 5) is 4.08. The lowest BCUT2D eigenvalue weighted by Crippen LogP contribution is -2.36. The van der Waals surface area contributed by atoms with Crippen LogP contribution in [0.3, 0.4) is 0 Å². The maximum atomic E-state index is 5.67. The number of anilines is 1. The van der Waals surface area contributed by atoms with Gasteiger partial charge in [0.15, 0.2) is 6.29 Å². The molecule has 1 aliphatic heterocycles. The van der Waals surface area contributed by atoms with Gasteiger partial charge in [-0.2, -0.15) is 0 Å². The molecule has 1 heterocycles. The minimum atomic E-state index is -0.320. The van der Waals surface area contributed by atoms with E-state index in [0.29, 0.717) is 0 Å². The Bertz CT molecular complexity index is 324. The first-order chi connectivity index (χ1) is 5.79. The Morgan fingerprint density at radius 3 is 3.00 bits per heavy atom. The summed E-state index contributed by atoms with van der Waals surface area (Å²) in [5.41, 5.74) is 7.81. The Morgan fingerprint density at radius 1 is 1.42 bits per heavy atom. The van der Waals surface area contributed by atoms with Crippen LogP contribution >= 0.6 is 16.1 Å². The molecular weight excluding hydrogens is 218 g/mol. The van der Waals surface area contributed by atoms with Crippen molar-refractivity contribution in [1.29, 1.82) is 0 Å². The fourth-order valence-corrected chi connectivity index (χ4v) is 1.58. The second-order valence-electron chi connectivity index (χ2n) is 2.56. The lowest BCUT2D eigenvalue weighted by atomic mass is 10.2. The predicted molar refractivity (Wildman–Crippen MR) is 53.4 cm³/mol. The molecule has 1 unspecified atom stereocenters. The van der Waals surface area contributed by atoms with Gasteiger partial charge in [0.1, 0.15) is 0 Å². The minimum Gasteiger partial charge on any atom is -0.292 e. The van der Waals surface area contributed by atoms with Crippen LogP contribution in [-0.4, -0.2) is 12.5 Å². The number of rotatable bonds is 0. The lowest BCUT2D eigenvalue weighted by Gasteiger charge is -2.25. The molecule has 2 N–H and O–H groups in total. The number of nitrogens with zero attached hydrogens (tertiary/aromatic N) is 2. The van der Waals surface area contributed by atoms with Gasteiger partial charge >= 0.3 is 0 Å². The molecule has 1 aromatic rings. The molecule has 3 nitrogen and oxygen atoms in total. The Morgan fingerprint density at radius 2 is 2.17 bits per heavy atom. The van der Waals surface area contributed by atoms with Crippen molar-refractivity contribution in [3.8, 4) is 0 Å². The van der Waals surface area contributed by atoms with E-state index in [4.69, 9.17) is 5.73 Å². The van der Waals surface area contributed by atoms with Crippen molar-refractivity contribution in [3.63, 3.8) is 0 Å². The molecule has 0 fully saturated rings. The minimum absolute atomic E-state index is 0.320. The topological polar surface area (TPSA) is 41.6 Å². The second-order valence-corrected chi connectivity index (χ2v) is 3.33. The third-order valence-corrected chi connectivity index (χ3v) is 2.57. The normalized spacial score (nSPS) is 20.8. The van der Waals surface area contributed by atoms with Gasteiger partial charge in [-0.15, -0.1) is 0 Å². The maximum Gasteiger partial charge on any atom is 0.183 e. The largest absolute Gasteiger partial charge is 0.292 e. The van der Waals surface area contributed by atoms with Crippen LogP contribution in [0.4, 0.5) is 5.69 Å². The molecule has 1 atom stereocenters. The molecule has 0 amide bonds. The number of halogens is 1. The van der Waals surface area contributed by atoms with Crippen molar-refractivity contribution >= 4 is 28.0 Å². The SMILES string of the molecule is NC1N=Cc2ccccc2N1Br. The molecule has 0 aromatic heterocycles. The highest BCUT2D eigenvalue weighted by molar-refractivity contribution is 9.10. The zero-order valence-corrected chi connectivity index (χ0v) is 7.90.